The van der Waals surface area contributed by atoms with E-state index in [-0.39, 0.29) is 4.90 Å². The van der Waals surface area contributed by atoms with Gasteiger partial charge in [-0.05, 0) is 29.6 Å². The highest BCUT2D eigenvalue weighted by molar-refractivity contribution is 7.89. The second-order valence-corrected chi connectivity index (χ2v) is 8.71. The molecule has 2 N–H and O–H groups in total. The summed E-state index contributed by atoms with van der Waals surface area (Å²) in [5.74, 6) is -1.82. The normalized spacial score (nSPS) is 16.8. The molecule has 1 aliphatic heterocycles. The molecule has 0 bridgehead atoms. The Morgan fingerprint density at radius 3 is 2.48 bits per heavy atom. The second kappa shape index (κ2) is 7.12. The maximum atomic E-state index is 12.7. The first-order valence-electron chi connectivity index (χ1n) is 7.69. The summed E-state index contributed by atoms with van der Waals surface area (Å²) < 4.78 is 26.8. The number of thiophene rings is 1. The number of aromatic hydroxyl groups is 1. The zero-order valence-corrected chi connectivity index (χ0v) is 15.0. The van der Waals surface area contributed by atoms with Gasteiger partial charge in [0, 0.05) is 37.6 Å². The van der Waals surface area contributed by atoms with E-state index in [1.165, 1.54) is 15.2 Å². The van der Waals surface area contributed by atoms with Gasteiger partial charge in [0.25, 0.3) is 0 Å². The summed E-state index contributed by atoms with van der Waals surface area (Å²) in [6.07, 6.45) is 0. The molecule has 1 aromatic carbocycles. The van der Waals surface area contributed by atoms with Gasteiger partial charge in [-0.15, -0.1) is 11.3 Å². The smallest absolute Gasteiger partial charge is 0.339 e. The van der Waals surface area contributed by atoms with Gasteiger partial charge in [0.15, 0.2) is 0 Å². The summed E-state index contributed by atoms with van der Waals surface area (Å²) in [5.41, 5.74) is -0.419. The molecule has 2 aromatic rings. The molecule has 134 valence electrons. The van der Waals surface area contributed by atoms with Crippen LogP contribution in [-0.2, 0) is 16.6 Å². The van der Waals surface area contributed by atoms with Crippen LogP contribution in [0.15, 0.2) is 40.6 Å². The number of sulfonamides is 1. The van der Waals surface area contributed by atoms with Crippen LogP contribution in [0.1, 0.15) is 15.2 Å². The van der Waals surface area contributed by atoms with Gasteiger partial charge in [-0.3, -0.25) is 4.90 Å². The summed E-state index contributed by atoms with van der Waals surface area (Å²) in [7, 11) is -3.79. The van der Waals surface area contributed by atoms with E-state index >= 15 is 0 Å². The SMILES string of the molecule is O=C(O)c1cc(S(=O)(=O)N2CCN(Cc3cccs3)CC2)ccc1O. The number of hydrogen-bond donors (Lipinski definition) is 2. The molecule has 0 aliphatic carbocycles. The Bertz CT molecular complexity index is 857. The Hall–Kier alpha value is -1.94. The van der Waals surface area contributed by atoms with Crippen molar-refractivity contribution in [1.82, 2.24) is 9.21 Å². The van der Waals surface area contributed by atoms with Gasteiger partial charge in [-0.2, -0.15) is 4.31 Å². The van der Waals surface area contributed by atoms with E-state index in [1.807, 2.05) is 11.4 Å². The van der Waals surface area contributed by atoms with Crippen molar-refractivity contribution in [2.24, 2.45) is 0 Å². The summed E-state index contributed by atoms with van der Waals surface area (Å²) in [5, 5.41) is 20.6. The van der Waals surface area contributed by atoms with Crippen molar-refractivity contribution in [3.63, 3.8) is 0 Å². The molecule has 1 aromatic heterocycles. The first-order chi connectivity index (χ1) is 11.9. The van der Waals surface area contributed by atoms with E-state index in [0.29, 0.717) is 26.2 Å². The molecule has 0 radical (unpaired) electrons. The topological polar surface area (TPSA) is 98.1 Å². The van der Waals surface area contributed by atoms with Crippen molar-refractivity contribution < 1.29 is 23.4 Å². The molecule has 3 rings (SSSR count). The minimum atomic E-state index is -3.79. The van der Waals surface area contributed by atoms with Crippen molar-refractivity contribution in [1.29, 1.82) is 0 Å². The first-order valence-corrected chi connectivity index (χ1v) is 10.0. The molecule has 9 heteroatoms. The van der Waals surface area contributed by atoms with E-state index in [2.05, 4.69) is 11.0 Å². The summed E-state index contributed by atoms with van der Waals surface area (Å²) in [6, 6.07) is 7.38. The number of aromatic carboxylic acids is 1. The maximum absolute atomic E-state index is 12.7. The number of carbonyl (C=O) groups is 1. The Kier molecular flexibility index (Phi) is 5.09. The summed E-state index contributed by atoms with van der Waals surface area (Å²) in [6.45, 7) is 2.71. The highest BCUT2D eigenvalue weighted by Crippen LogP contribution is 2.25. The maximum Gasteiger partial charge on any atom is 0.339 e. The molecule has 7 nitrogen and oxygen atoms in total. The Balaban J connectivity index is 1.71. The van der Waals surface area contributed by atoms with Gasteiger partial charge in [-0.25, -0.2) is 13.2 Å². The lowest BCUT2D eigenvalue weighted by molar-refractivity contribution is 0.0693. The van der Waals surface area contributed by atoms with Gasteiger partial charge in [-0.1, -0.05) is 6.07 Å². The van der Waals surface area contributed by atoms with Crippen LogP contribution in [0.3, 0.4) is 0 Å². The quantitative estimate of drug-likeness (QED) is 0.816. The molecule has 0 unspecified atom stereocenters. The van der Waals surface area contributed by atoms with Crippen LogP contribution in [0.4, 0.5) is 0 Å². The average Bonchev–Trinajstić information content (AvgIpc) is 3.08. The molecule has 1 aliphatic rings. The lowest BCUT2D eigenvalue weighted by Crippen LogP contribution is -2.48. The van der Waals surface area contributed by atoms with E-state index < -0.39 is 27.3 Å². The molecule has 0 spiro atoms. The highest BCUT2D eigenvalue weighted by Gasteiger charge is 2.29. The number of hydrogen-bond acceptors (Lipinski definition) is 6. The van der Waals surface area contributed by atoms with Crippen molar-refractivity contribution in [3.05, 3.63) is 46.2 Å². The molecule has 25 heavy (non-hydrogen) atoms. The lowest BCUT2D eigenvalue weighted by atomic mass is 10.2. The number of nitrogens with zero attached hydrogens (tertiary/aromatic N) is 2. The van der Waals surface area contributed by atoms with Gasteiger partial charge >= 0.3 is 5.97 Å². The zero-order chi connectivity index (χ0) is 18.0. The zero-order valence-electron chi connectivity index (χ0n) is 13.3. The molecule has 0 saturated carbocycles. The fraction of sp³-hybridized carbons (Fsp3) is 0.312. The fourth-order valence-electron chi connectivity index (χ4n) is 2.75. The molecule has 2 heterocycles. The number of phenols is 1. The minimum Gasteiger partial charge on any atom is -0.507 e. The third kappa shape index (κ3) is 3.84. The molecule has 0 atom stereocenters. The Morgan fingerprint density at radius 1 is 1.16 bits per heavy atom. The summed E-state index contributed by atoms with van der Waals surface area (Å²) >= 11 is 1.67. The predicted molar refractivity (Wildman–Crippen MR) is 93.4 cm³/mol. The average molecular weight is 382 g/mol. The summed E-state index contributed by atoms with van der Waals surface area (Å²) in [4.78, 5) is 14.4. The molecular formula is C16H18N2O5S2. The van der Waals surface area contributed by atoms with Crippen molar-refractivity contribution in [3.8, 4) is 5.75 Å². The van der Waals surface area contributed by atoms with Crippen LogP contribution in [0.5, 0.6) is 5.75 Å². The molecular weight excluding hydrogens is 364 g/mol. The van der Waals surface area contributed by atoms with Crippen LogP contribution >= 0.6 is 11.3 Å². The first kappa shape index (κ1) is 17.9. The third-order valence-electron chi connectivity index (χ3n) is 4.13. The lowest BCUT2D eigenvalue weighted by Gasteiger charge is -2.33. The minimum absolute atomic E-state index is 0.116. The van der Waals surface area contributed by atoms with Crippen molar-refractivity contribution in [2.75, 3.05) is 26.2 Å². The number of piperazine rings is 1. The van der Waals surface area contributed by atoms with Crippen LogP contribution in [-0.4, -0.2) is 60.0 Å². The van der Waals surface area contributed by atoms with Crippen molar-refractivity contribution in [2.45, 2.75) is 11.4 Å². The fourth-order valence-corrected chi connectivity index (χ4v) is 4.94. The molecule has 1 saturated heterocycles. The van der Waals surface area contributed by atoms with Crippen LogP contribution < -0.4 is 0 Å². The largest absolute Gasteiger partial charge is 0.507 e. The standard InChI is InChI=1S/C16H18N2O5S2/c19-15-4-3-13(10-14(15)16(20)21)25(22,23)18-7-5-17(6-8-18)11-12-2-1-9-24-12/h1-4,9-10,19H,5-8,11H2,(H,20,21). The van der Waals surface area contributed by atoms with Crippen molar-refractivity contribution >= 4 is 27.3 Å². The Labute approximate surface area is 149 Å². The number of rotatable bonds is 5. The highest BCUT2D eigenvalue weighted by atomic mass is 32.2. The van der Waals surface area contributed by atoms with Gasteiger partial charge in [0.1, 0.15) is 11.3 Å². The van der Waals surface area contributed by atoms with Crippen LogP contribution in [0, 0.1) is 0 Å². The van der Waals surface area contributed by atoms with E-state index in [9.17, 15) is 18.3 Å². The number of carboxylic acids is 1. The molecule has 0 amide bonds. The monoisotopic (exact) mass is 382 g/mol. The van der Waals surface area contributed by atoms with Crippen LogP contribution in [0.2, 0.25) is 0 Å². The Morgan fingerprint density at radius 2 is 1.88 bits per heavy atom. The number of benzene rings is 1. The number of carboxylic acid groups (broad SMARTS) is 1. The van der Waals surface area contributed by atoms with Gasteiger partial charge in [0.05, 0.1) is 4.90 Å². The predicted octanol–water partition coefficient (Wildman–Crippen LogP) is 1.66. The van der Waals surface area contributed by atoms with Crippen LogP contribution in [0.25, 0.3) is 0 Å². The third-order valence-corrected chi connectivity index (χ3v) is 6.88. The van der Waals surface area contributed by atoms with Gasteiger partial charge in [0.2, 0.25) is 10.0 Å². The van der Waals surface area contributed by atoms with E-state index in [4.69, 9.17) is 5.11 Å². The van der Waals surface area contributed by atoms with E-state index in [1.54, 1.807) is 11.3 Å². The van der Waals surface area contributed by atoms with E-state index in [0.717, 1.165) is 18.7 Å². The molecule has 1 fully saturated rings. The second-order valence-electron chi connectivity index (χ2n) is 5.74. The van der Waals surface area contributed by atoms with Gasteiger partial charge < -0.3 is 10.2 Å².